The number of anilines is 2. The van der Waals surface area contributed by atoms with Crippen LogP contribution in [0.25, 0.3) is 10.9 Å². The Morgan fingerprint density at radius 3 is 2.62 bits per heavy atom. The van der Waals surface area contributed by atoms with Gasteiger partial charge in [0.05, 0.1) is 40.8 Å². The Morgan fingerprint density at radius 2 is 1.93 bits per heavy atom. The second kappa shape index (κ2) is 7.47. The Balaban J connectivity index is 1.69. The van der Waals surface area contributed by atoms with E-state index >= 15 is 0 Å². The molecule has 2 aromatic heterocycles. The van der Waals surface area contributed by atoms with Gasteiger partial charge in [0.1, 0.15) is 5.82 Å². The van der Waals surface area contributed by atoms with Crippen LogP contribution in [0.3, 0.4) is 0 Å². The van der Waals surface area contributed by atoms with E-state index < -0.39 is 23.8 Å². The lowest BCUT2D eigenvalue weighted by molar-refractivity contribution is 0.142. The van der Waals surface area contributed by atoms with Crippen LogP contribution in [0, 0.1) is 12.7 Å². The third kappa shape index (κ3) is 3.57. The minimum Gasteiger partial charge on any atom is -0.389 e. The van der Waals surface area contributed by atoms with Crippen LogP contribution < -0.4 is 10.2 Å². The zero-order valence-corrected chi connectivity index (χ0v) is 15.9. The Hall–Kier alpha value is -2.94. The maximum absolute atomic E-state index is 14.5. The topological polar surface area (TPSA) is 74.2 Å². The van der Waals surface area contributed by atoms with Gasteiger partial charge >= 0.3 is 0 Å². The predicted octanol–water partition coefficient (Wildman–Crippen LogP) is 3.76. The Kier molecular flexibility index (Phi) is 4.99. The average molecular weight is 403 g/mol. The molecule has 1 aliphatic rings. The highest BCUT2D eigenvalue weighted by atomic mass is 19.3. The summed E-state index contributed by atoms with van der Waals surface area (Å²) in [6.45, 7) is 4.50. The number of aliphatic hydroxyl groups excluding tert-OH is 1. The molecule has 0 bridgehead atoms. The maximum Gasteiger partial charge on any atom is 0.266 e. The van der Waals surface area contributed by atoms with Gasteiger partial charge in [-0.15, -0.1) is 5.10 Å². The fourth-order valence-corrected chi connectivity index (χ4v) is 3.45. The molecule has 1 aromatic carbocycles. The minimum atomic E-state index is -2.89. The third-order valence-corrected chi connectivity index (χ3v) is 5.11. The first-order valence-corrected chi connectivity index (χ1v) is 9.24. The van der Waals surface area contributed by atoms with E-state index in [9.17, 15) is 18.3 Å². The number of pyridine rings is 1. The monoisotopic (exact) mass is 403 g/mol. The SMILES string of the molecule is Cc1nnc(N[C@H](C)c2cccc(C(F)F)c2F)c2cc(N3CC(O)C3)cnc12. The number of benzene rings is 1. The molecule has 152 valence electrons. The Bertz CT molecular complexity index is 1060. The summed E-state index contributed by atoms with van der Waals surface area (Å²) in [6, 6.07) is 5.22. The van der Waals surface area contributed by atoms with Crippen molar-refractivity contribution in [2.75, 3.05) is 23.3 Å². The van der Waals surface area contributed by atoms with Gasteiger partial charge in [-0.3, -0.25) is 4.98 Å². The Labute approximate surface area is 165 Å². The Morgan fingerprint density at radius 1 is 1.21 bits per heavy atom. The van der Waals surface area contributed by atoms with E-state index in [2.05, 4.69) is 20.5 Å². The molecule has 0 spiro atoms. The molecule has 1 aliphatic heterocycles. The number of aromatic nitrogens is 3. The number of nitrogens with zero attached hydrogens (tertiary/aromatic N) is 4. The van der Waals surface area contributed by atoms with Crippen LogP contribution >= 0.6 is 0 Å². The number of aliphatic hydroxyl groups is 1. The molecule has 1 atom stereocenters. The number of β-amino-alcohol motifs (C(OH)–C–C–N with tert-alkyl or cyclic N) is 1. The lowest BCUT2D eigenvalue weighted by atomic mass is 10.0. The summed E-state index contributed by atoms with van der Waals surface area (Å²) in [5.74, 6) is -0.546. The summed E-state index contributed by atoms with van der Waals surface area (Å²) in [4.78, 5) is 6.44. The molecule has 0 amide bonds. The molecule has 9 heteroatoms. The van der Waals surface area contributed by atoms with Crippen LogP contribution in [0.1, 0.15) is 36.2 Å². The van der Waals surface area contributed by atoms with Gasteiger partial charge in [-0.1, -0.05) is 18.2 Å². The molecule has 0 radical (unpaired) electrons. The van der Waals surface area contributed by atoms with Crippen LogP contribution in [0.15, 0.2) is 30.5 Å². The number of rotatable bonds is 5. The fraction of sp³-hybridized carbons (Fsp3) is 0.350. The molecule has 0 saturated carbocycles. The maximum atomic E-state index is 14.5. The second-order valence-electron chi connectivity index (χ2n) is 7.20. The lowest BCUT2D eigenvalue weighted by Gasteiger charge is -2.37. The summed E-state index contributed by atoms with van der Waals surface area (Å²) in [7, 11) is 0. The van der Waals surface area contributed by atoms with Crippen molar-refractivity contribution in [3.05, 3.63) is 53.1 Å². The van der Waals surface area contributed by atoms with Gasteiger partial charge < -0.3 is 15.3 Å². The standard InChI is InChI=1S/C20H20F3N5O/c1-10(14-4-3-5-15(17(14)21)19(22)23)25-20-16-6-12(28-8-13(29)9-28)7-24-18(16)11(2)26-27-20/h3-7,10,13,19,29H,8-9H2,1-2H3,(H,25,27)/t10-/m1/s1. The molecule has 29 heavy (non-hydrogen) atoms. The quantitative estimate of drug-likeness (QED) is 0.676. The molecule has 1 fully saturated rings. The van der Waals surface area contributed by atoms with Crippen molar-refractivity contribution in [2.24, 2.45) is 0 Å². The fourth-order valence-electron chi connectivity index (χ4n) is 3.45. The number of hydrogen-bond donors (Lipinski definition) is 2. The molecule has 0 unspecified atom stereocenters. The molecule has 6 nitrogen and oxygen atoms in total. The van der Waals surface area contributed by atoms with Gasteiger partial charge in [-0.05, 0) is 19.9 Å². The van der Waals surface area contributed by atoms with Gasteiger partial charge in [0, 0.05) is 24.0 Å². The zero-order valence-electron chi connectivity index (χ0n) is 15.9. The van der Waals surface area contributed by atoms with Gasteiger partial charge in [0.15, 0.2) is 5.82 Å². The van der Waals surface area contributed by atoms with Crippen molar-refractivity contribution in [1.82, 2.24) is 15.2 Å². The highest BCUT2D eigenvalue weighted by Gasteiger charge is 2.26. The number of halogens is 3. The number of aryl methyl sites for hydroxylation is 1. The van der Waals surface area contributed by atoms with Crippen LogP contribution in [0.2, 0.25) is 0 Å². The summed E-state index contributed by atoms with van der Waals surface area (Å²) in [5.41, 5.74) is 1.60. The van der Waals surface area contributed by atoms with Crippen molar-refractivity contribution < 1.29 is 18.3 Å². The van der Waals surface area contributed by atoms with E-state index in [0.29, 0.717) is 35.5 Å². The van der Waals surface area contributed by atoms with Gasteiger partial charge in [-0.25, -0.2) is 13.2 Å². The summed E-state index contributed by atoms with van der Waals surface area (Å²) in [5, 5.41) is 21.6. The van der Waals surface area contributed by atoms with Crippen molar-refractivity contribution >= 4 is 22.4 Å². The molecule has 0 aliphatic carbocycles. The lowest BCUT2D eigenvalue weighted by Crippen LogP contribution is -2.50. The second-order valence-corrected chi connectivity index (χ2v) is 7.20. The molecule has 4 rings (SSSR count). The largest absolute Gasteiger partial charge is 0.389 e. The van der Waals surface area contributed by atoms with Crippen molar-refractivity contribution in [2.45, 2.75) is 32.4 Å². The van der Waals surface area contributed by atoms with E-state index in [-0.39, 0.29) is 11.7 Å². The van der Waals surface area contributed by atoms with E-state index in [4.69, 9.17) is 0 Å². The van der Waals surface area contributed by atoms with E-state index in [1.54, 1.807) is 20.0 Å². The molecule has 3 aromatic rings. The van der Waals surface area contributed by atoms with Gasteiger partial charge in [0.25, 0.3) is 6.43 Å². The molecular formula is C20H20F3N5O. The smallest absolute Gasteiger partial charge is 0.266 e. The zero-order chi connectivity index (χ0) is 20.7. The van der Waals surface area contributed by atoms with Crippen molar-refractivity contribution in [3.8, 4) is 0 Å². The highest BCUT2D eigenvalue weighted by Crippen LogP contribution is 2.32. The summed E-state index contributed by atoms with van der Waals surface area (Å²) < 4.78 is 40.6. The van der Waals surface area contributed by atoms with Crippen LogP contribution in [0.5, 0.6) is 0 Å². The minimum absolute atomic E-state index is 0.119. The van der Waals surface area contributed by atoms with E-state index in [1.165, 1.54) is 12.1 Å². The van der Waals surface area contributed by atoms with Crippen LogP contribution in [-0.4, -0.2) is 39.5 Å². The first-order valence-electron chi connectivity index (χ1n) is 9.24. The number of alkyl halides is 2. The van der Waals surface area contributed by atoms with E-state index in [1.807, 2.05) is 11.0 Å². The first-order chi connectivity index (χ1) is 13.8. The van der Waals surface area contributed by atoms with Crippen LogP contribution in [0.4, 0.5) is 24.7 Å². The van der Waals surface area contributed by atoms with Gasteiger partial charge in [-0.2, -0.15) is 5.10 Å². The third-order valence-electron chi connectivity index (χ3n) is 5.11. The molecule has 3 heterocycles. The van der Waals surface area contributed by atoms with E-state index in [0.717, 1.165) is 11.8 Å². The predicted molar refractivity (Wildman–Crippen MR) is 104 cm³/mol. The first kappa shape index (κ1) is 19.4. The van der Waals surface area contributed by atoms with Gasteiger partial charge in [0.2, 0.25) is 0 Å². The van der Waals surface area contributed by atoms with Crippen molar-refractivity contribution in [1.29, 1.82) is 0 Å². The van der Waals surface area contributed by atoms with Crippen molar-refractivity contribution in [3.63, 3.8) is 0 Å². The number of fused-ring (bicyclic) bond motifs is 1. The normalized spacial score (nSPS) is 15.6. The number of nitrogens with one attached hydrogen (secondary N) is 1. The van der Waals surface area contributed by atoms with Crippen LogP contribution in [-0.2, 0) is 0 Å². The summed E-state index contributed by atoms with van der Waals surface area (Å²) >= 11 is 0. The summed E-state index contributed by atoms with van der Waals surface area (Å²) in [6.07, 6.45) is -1.53. The molecular weight excluding hydrogens is 383 g/mol. The average Bonchev–Trinajstić information content (AvgIpc) is 2.67. The number of hydrogen-bond acceptors (Lipinski definition) is 6. The highest BCUT2D eigenvalue weighted by molar-refractivity contribution is 5.92. The molecule has 2 N–H and O–H groups in total. The molecule has 1 saturated heterocycles.